The average molecular weight is 344 g/mol. The molecule has 0 heterocycles. The molecule has 0 radical (unpaired) electrons. The number of alkyl halides is 3. The number of carbonyl (C=O) groups excluding carboxylic acids is 1. The van der Waals surface area contributed by atoms with E-state index in [-0.39, 0.29) is 5.57 Å². The van der Waals surface area contributed by atoms with E-state index in [9.17, 15) is 18.0 Å². The highest BCUT2D eigenvalue weighted by Gasteiger charge is 2.29. The first-order valence-corrected chi connectivity index (χ1v) is 7.38. The van der Waals surface area contributed by atoms with Crippen molar-refractivity contribution in [3.05, 3.63) is 70.3 Å². The number of rotatable bonds is 3. The number of anilines is 1. The Morgan fingerprint density at radius 3 is 2.24 bits per heavy atom. The maximum atomic E-state index is 12.5. The van der Waals surface area contributed by atoms with Crippen molar-refractivity contribution in [1.82, 2.24) is 0 Å². The van der Waals surface area contributed by atoms with Crippen molar-refractivity contribution in [2.45, 2.75) is 20.0 Å². The van der Waals surface area contributed by atoms with Gasteiger partial charge in [-0.25, -0.2) is 0 Å². The van der Waals surface area contributed by atoms with Gasteiger partial charge in [-0.2, -0.15) is 18.4 Å². The summed E-state index contributed by atoms with van der Waals surface area (Å²) in [6, 6.07) is 11.3. The Balaban J connectivity index is 2.20. The van der Waals surface area contributed by atoms with Crippen molar-refractivity contribution in [3.8, 4) is 6.07 Å². The molecule has 0 spiro atoms. The summed E-state index contributed by atoms with van der Waals surface area (Å²) in [4.78, 5) is 12.2. The number of hydrogen-bond donors (Lipinski definition) is 1. The molecule has 2 rings (SSSR count). The van der Waals surface area contributed by atoms with Crippen LogP contribution >= 0.6 is 0 Å². The molecule has 128 valence electrons. The van der Waals surface area contributed by atoms with E-state index >= 15 is 0 Å². The van der Waals surface area contributed by atoms with E-state index < -0.39 is 17.6 Å². The third-order valence-electron chi connectivity index (χ3n) is 3.68. The fraction of sp³-hybridized carbons (Fsp3) is 0.158. The number of amides is 1. The minimum Gasteiger partial charge on any atom is -0.321 e. The molecule has 0 aromatic heterocycles. The highest BCUT2D eigenvalue weighted by atomic mass is 19.4. The molecule has 1 amide bonds. The van der Waals surface area contributed by atoms with Gasteiger partial charge in [0.05, 0.1) is 5.56 Å². The molecule has 2 aromatic rings. The molecule has 0 unspecified atom stereocenters. The fourth-order valence-corrected chi connectivity index (χ4v) is 2.10. The first-order chi connectivity index (χ1) is 11.7. The summed E-state index contributed by atoms with van der Waals surface area (Å²) in [6.07, 6.45) is -3.18. The van der Waals surface area contributed by atoms with Gasteiger partial charge < -0.3 is 5.32 Å². The Kier molecular flexibility index (Phi) is 5.28. The van der Waals surface area contributed by atoms with Crippen LogP contribution in [0.1, 0.15) is 22.3 Å². The quantitative estimate of drug-likeness (QED) is 0.638. The summed E-state index contributed by atoms with van der Waals surface area (Å²) in [7, 11) is 0. The normalized spacial score (nSPS) is 11.8. The average Bonchev–Trinajstić information content (AvgIpc) is 2.55. The molecule has 0 aliphatic carbocycles. The third-order valence-corrected chi connectivity index (χ3v) is 3.68. The standard InChI is InChI=1S/C19H15F3N2O/c1-12-3-8-17(9-13(12)2)24-18(25)15(11-23)10-14-4-6-16(7-5-14)19(20,21)22/h3-10H,1-2H3,(H,24,25)/b15-10+. The van der Waals surface area contributed by atoms with E-state index in [1.807, 2.05) is 19.9 Å². The Bertz CT molecular complexity index is 860. The topological polar surface area (TPSA) is 52.9 Å². The molecule has 6 heteroatoms. The largest absolute Gasteiger partial charge is 0.416 e. The molecule has 0 aliphatic heterocycles. The number of benzene rings is 2. The number of nitrogens with zero attached hydrogens (tertiary/aromatic N) is 1. The maximum absolute atomic E-state index is 12.5. The van der Waals surface area contributed by atoms with Crippen LogP contribution < -0.4 is 5.32 Å². The molecule has 3 nitrogen and oxygen atoms in total. The van der Waals surface area contributed by atoms with Gasteiger partial charge in [-0.15, -0.1) is 0 Å². The van der Waals surface area contributed by atoms with Gasteiger partial charge in [-0.1, -0.05) is 18.2 Å². The van der Waals surface area contributed by atoms with Crippen LogP contribution in [0.3, 0.4) is 0 Å². The molecule has 25 heavy (non-hydrogen) atoms. The van der Waals surface area contributed by atoms with Crippen LogP contribution in [0.4, 0.5) is 18.9 Å². The third kappa shape index (κ3) is 4.70. The molecular weight excluding hydrogens is 329 g/mol. The van der Waals surface area contributed by atoms with Crippen LogP contribution in [0.2, 0.25) is 0 Å². The molecule has 0 saturated heterocycles. The van der Waals surface area contributed by atoms with Crippen LogP contribution in [-0.2, 0) is 11.0 Å². The van der Waals surface area contributed by atoms with E-state index in [1.165, 1.54) is 18.2 Å². The van der Waals surface area contributed by atoms with Crippen LogP contribution in [0.15, 0.2) is 48.0 Å². The van der Waals surface area contributed by atoms with Gasteiger partial charge in [0.25, 0.3) is 5.91 Å². The second kappa shape index (κ2) is 7.22. The first kappa shape index (κ1) is 18.3. The lowest BCUT2D eigenvalue weighted by Crippen LogP contribution is -2.13. The zero-order valence-electron chi connectivity index (χ0n) is 13.6. The van der Waals surface area contributed by atoms with Crippen LogP contribution in [0, 0.1) is 25.2 Å². The van der Waals surface area contributed by atoms with E-state index in [1.54, 1.807) is 18.2 Å². The number of carbonyl (C=O) groups is 1. The van der Waals surface area contributed by atoms with Crippen molar-refractivity contribution >= 4 is 17.7 Å². The molecule has 0 aliphatic rings. The first-order valence-electron chi connectivity index (χ1n) is 7.38. The molecular formula is C19H15F3N2O. The Morgan fingerprint density at radius 2 is 1.72 bits per heavy atom. The summed E-state index contributed by atoms with van der Waals surface area (Å²) in [5, 5.41) is 11.8. The predicted octanol–water partition coefficient (Wildman–Crippen LogP) is 4.87. The monoisotopic (exact) mass is 344 g/mol. The lowest BCUT2D eigenvalue weighted by atomic mass is 10.1. The fourth-order valence-electron chi connectivity index (χ4n) is 2.10. The number of hydrogen-bond acceptors (Lipinski definition) is 2. The summed E-state index contributed by atoms with van der Waals surface area (Å²) < 4.78 is 37.6. The molecule has 1 N–H and O–H groups in total. The van der Waals surface area contributed by atoms with Crippen molar-refractivity contribution < 1.29 is 18.0 Å². The van der Waals surface area contributed by atoms with Crippen molar-refractivity contribution in [2.75, 3.05) is 5.32 Å². The minimum absolute atomic E-state index is 0.196. The van der Waals surface area contributed by atoms with Gasteiger partial charge in [0.1, 0.15) is 11.6 Å². The van der Waals surface area contributed by atoms with E-state index in [4.69, 9.17) is 5.26 Å². The van der Waals surface area contributed by atoms with Gasteiger partial charge >= 0.3 is 6.18 Å². The van der Waals surface area contributed by atoms with Crippen molar-refractivity contribution in [3.63, 3.8) is 0 Å². The van der Waals surface area contributed by atoms with Gasteiger partial charge in [0, 0.05) is 5.69 Å². The Morgan fingerprint density at radius 1 is 1.08 bits per heavy atom. The van der Waals surface area contributed by atoms with E-state index in [2.05, 4.69) is 5.32 Å². The van der Waals surface area contributed by atoms with Gasteiger partial charge in [0.15, 0.2) is 0 Å². The van der Waals surface area contributed by atoms with Gasteiger partial charge in [-0.05, 0) is 60.9 Å². The maximum Gasteiger partial charge on any atom is 0.416 e. The Labute approximate surface area is 143 Å². The second-order valence-corrected chi connectivity index (χ2v) is 5.54. The highest BCUT2D eigenvalue weighted by Crippen LogP contribution is 2.29. The van der Waals surface area contributed by atoms with Gasteiger partial charge in [0.2, 0.25) is 0 Å². The van der Waals surface area contributed by atoms with Crippen LogP contribution in [0.5, 0.6) is 0 Å². The zero-order chi connectivity index (χ0) is 18.6. The summed E-state index contributed by atoms with van der Waals surface area (Å²) in [5.74, 6) is -0.620. The lowest BCUT2D eigenvalue weighted by Gasteiger charge is -2.08. The summed E-state index contributed by atoms with van der Waals surface area (Å²) in [5.41, 5.74) is 1.95. The van der Waals surface area contributed by atoms with Crippen LogP contribution in [-0.4, -0.2) is 5.91 Å². The summed E-state index contributed by atoms with van der Waals surface area (Å²) in [6.45, 7) is 3.83. The molecule has 0 atom stereocenters. The lowest BCUT2D eigenvalue weighted by molar-refractivity contribution is -0.137. The highest BCUT2D eigenvalue weighted by molar-refractivity contribution is 6.09. The smallest absolute Gasteiger partial charge is 0.321 e. The predicted molar refractivity (Wildman–Crippen MR) is 89.6 cm³/mol. The second-order valence-electron chi connectivity index (χ2n) is 5.54. The number of halogens is 3. The SMILES string of the molecule is Cc1ccc(NC(=O)/C(C#N)=C/c2ccc(C(F)(F)F)cc2)cc1C. The number of nitrogens with one attached hydrogen (secondary N) is 1. The van der Waals surface area contributed by atoms with Crippen molar-refractivity contribution in [2.24, 2.45) is 0 Å². The van der Waals surface area contributed by atoms with E-state index in [0.717, 1.165) is 23.3 Å². The zero-order valence-corrected chi connectivity index (χ0v) is 13.6. The molecule has 2 aromatic carbocycles. The van der Waals surface area contributed by atoms with E-state index in [0.29, 0.717) is 11.3 Å². The van der Waals surface area contributed by atoms with Gasteiger partial charge in [-0.3, -0.25) is 4.79 Å². The minimum atomic E-state index is -4.43. The number of nitriles is 1. The molecule has 0 fully saturated rings. The summed E-state index contributed by atoms with van der Waals surface area (Å²) >= 11 is 0. The van der Waals surface area contributed by atoms with Crippen LogP contribution in [0.25, 0.3) is 6.08 Å². The molecule has 0 bridgehead atoms. The van der Waals surface area contributed by atoms with Crippen molar-refractivity contribution in [1.29, 1.82) is 5.26 Å². The Hall–Kier alpha value is -3.07. The number of aryl methyl sites for hydroxylation is 2. The molecule has 0 saturated carbocycles.